The highest BCUT2D eigenvalue weighted by Gasteiger charge is 2.15. The van der Waals surface area contributed by atoms with E-state index in [1.807, 2.05) is 0 Å². The Kier molecular flexibility index (Phi) is 6.55. The second-order valence-electron chi connectivity index (χ2n) is 6.19. The Morgan fingerprint density at radius 1 is 1.10 bits per heavy atom. The predicted octanol–water partition coefficient (Wildman–Crippen LogP) is 3.64. The van der Waals surface area contributed by atoms with Crippen molar-refractivity contribution < 1.29 is 0 Å². The van der Waals surface area contributed by atoms with Gasteiger partial charge >= 0.3 is 0 Å². The van der Waals surface area contributed by atoms with Crippen LogP contribution in [0.5, 0.6) is 0 Å². The Morgan fingerprint density at radius 3 is 2.45 bits per heavy atom. The second kappa shape index (κ2) is 8.43. The monoisotopic (exact) mass is 274 g/mol. The molecule has 1 fully saturated rings. The molecule has 0 saturated carbocycles. The van der Waals surface area contributed by atoms with E-state index in [0.717, 1.165) is 6.54 Å². The maximum absolute atomic E-state index is 3.74. The zero-order chi connectivity index (χ0) is 14.2. The van der Waals surface area contributed by atoms with Gasteiger partial charge in [0, 0.05) is 19.1 Å². The van der Waals surface area contributed by atoms with E-state index in [0.29, 0.717) is 12.0 Å². The van der Waals surface area contributed by atoms with Gasteiger partial charge in [0.25, 0.3) is 0 Å². The van der Waals surface area contributed by atoms with Crippen molar-refractivity contribution in [2.24, 2.45) is 0 Å². The molecule has 0 radical (unpaired) electrons. The highest BCUT2D eigenvalue weighted by Crippen LogP contribution is 2.18. The Balaban J connectivity index is 1.75. The van der Waals surface area contributed by atoms with Gasteiger partial charge in [0.1, 0.15) is 0 Å². The molecule has 0 aliphatic carbocycles. The van der Waals surface area contributed by atoms with Crippen LogP contribution in [0.25, 0.3) is 0 Å². The van der Waals surface area contributed by atoms with Crippen molar-refractivity contribution in [2.75, 3.05) is 26.2 Å². The quantitative estimate of drug-likeness (QED) is 0.816. The fourth-order valence-corrected chi connectivity index (χ4v) is 3.16. The first-order valence-electron chi connectivity index (χ1n) is 8.30. The third-order valence-corrected chi connectivity index (χ3v) is 4.46. The van der Waals surface area contributed by atoms with Gasteiger partial charge in [-0.25, -0.2) is 0 Å². The molecule has 1 N–H and O–H groups in total. The molecule has 2 nitrogen and oxygen atoms in total. The van der Waals surface area contributed by atoms with Crippen LogP contribution in [0.15, 0.2) is 30.3 Å². The van der Waals surface area contributed by atoms with E-state index in [1.165, 1.54) is 50.9 Å². The van der Waals surface area contributed by atoms with Gasteiger partial charge in [-0.1, -0.05) is 43.7 Å². The van der Waals surface area contributed by atoms with Gasteiger partial charge in [-0.05, 0) is 50.8 Å². The van der Waals surface area contributed by atoms with Crippen LogP contribution in [0.3, 0.4) is 0 Å². The molecule has 0 aromatic heterocycles. The largest absolute Gasteiger partial charge is 0.312 e. The number of nitrogens with zero attached hydrogens (tertiary/aromatic N) is 1. The van der Waals surface area contributed by atoms with Gasteiger partial charge in [-0.3, -0.25) is 0 Å². The summed E-state index contributed by atoms with van der Waals surface area (Å²) in [6, 6.07) is 11.5. The molecular weight excluding hydrogens is 244 g/mol. The Hall–Kier alpha value is -0.860. The zero-order valence-corrected chi connectivity index (χ0v) is 13.1. The van der Waals surface area contributed by atoms with Crippen molar-refractivity contribution >= 4 is 0 Å². The van der Waals surface area contributed by atoms with Crippen molar-refractivity contribution in [3.63, 3.8) is 0 Å². The molecule has 1 heterocycles. The minimum absolute atomic E-state index is 0.589. The summed E-state index contributed by atoms with van der Waals surface area (Å²) in [4.78, 5) is 2.62. The van der Waals surface area contributed by atoms with Gasteiger partial charge in [0.2, 0.25) is 0 Å². The third-order valence-electron chi connectivity index (χ3n) is 4.46. The van der Waals surface area contributed by atoms with E-state index in [9.17, 15) is 0 Å². The summed E-state index contributed by atoms with van der Waals surface area (Å²) in [5, 5.41) is 3.74. The van der Waals surface area contributed by atoms with Gasteiger partial charge in [-0.15, -0.1) is 0 Å². The predicted molar refractivity (Wildman–Crippen MR) is 87.2 cm³/mol. The summed E-state index contributed by atoms with van der Waals surface area (Å²) in [7, 11) is 0. The summed E-state index contributed by atoms with van der Waals surface area (Å²) >= 11 is 0. The molecule has 0 amide bonds. The molecule has 1 aliphatic heterocycles. The normalized spacial score (nSPS) is 19.7. The van der Waals surface area contributed by atoms with Crippen LogP contribution in [-0.4, -0.2) is 37.1 Å². The number of likely N-dealkylation sites (tertiary alicyclic amines) is 1. The van der Waals surface area contributed by atoms with Crippen molar-refractivity contribution in [3.8, 4) is 0 Å². The van der Waals surface area contributed by atoms with Crippen LogP contribution in [0.1, 0.15) is 51.0 Å². The highest BCUT2D eigenvalue weighted by molar-refractivity contribution is 5.19. The number of piperidine rings is 1. The lowest BCUT2D eigenvalue weighted by atomic mass is 9.96. The first kappa shape index (κ1) is 15.5. The van der Waals surface area contributed by atoms with E-state index in [4.69, 9.17) is 0 Å². The van der Waals surface area contributed by atoms with Crippen LogP contribution in [0.2, 0.25) is 0 Å². The maximum Gasteiger partial charge on any atom is 0.0166 e. The van der Waals surface area contributed by atoms with E-state index in [2.05, 4.69) is 54.4 Å². The zero-order valence-electron chi connectivity index (χ0n) is 13.1. The number of nitrogens with one attached hydrogen (secondary N) is 1. The summed E-state index contributed by atoms with van der Waals surface area (Å²) < 4.78 is 0. The molecule has 0 spiro atoms. The molecule has 20 heavy (non-hydrogen) atoms. The fourth-order valence-electron chi connectivity index (χ4n) is 3.16. The van der Waals surface area contributed by atoms with Crippen LogP contribution >= 0.6 is 0 Å². The van der Waals surface area contributed by atoms with Gasteiger partial charge in [0.15, 0.2) is 0 Å². The van der Waals surface area contributed by atoms with Gasteiger partial charge < -0.3 is 10.2 Å². The molecule has 1 aromatic rings. The molecule has 1 saturated heterocycles. The molecule has 0 bridgehead atoms. The molecule has 1 aliphatic rings. The second-order valence-corrected chi connectivity index (χ2v) is 6.19. The Labute approximate surface area is 124 Å². The standard InChI is InChI=1S/C18H30N2/c1-3-17(18-10-6-4-7-11-18)14-19-16(2)15-20-12-8-5-9-13-20/h4,6-7,10-11,16-17,19H,3,5,8-9,12-15H2,1-2H3. The van der Waals surface area contributed by atoms with Crippen molar-refractivity contribution in [2.45, 2.75) is 51.5 Å². The number of hydrogen-bond donors (Lipinski definition) is 1. The molecule has 112 valence electrons. The maximum atomic E-state index is 3.74. The Morgan fingerprint density at radius 2 is 1.80 bits per heavy atom. The van der Waals surface area contributed by atoms with Gasteiger partial charge in [0.05, 0.1) is 0 Å². The third kappa shape index (κ3) is 4.92. The topological polar surface area (TPSA) is 15.3 Å². The van der Waals surface area contributed by atoms with Crippen molar-refractivity contribution in [1.82, 2.24) is 10.2 Å². The first-order valence-corrected chi connectivity index (χ1v) is 8.30. The minimum atomic E-state index is 0.589. The molecule has 1 aromatic carbocycles. The van der Waals surface area contributed by atoms with E-state index in [-0.39, 0.29) is 0 Å². The van der Waals surface area contributed by atoms with E-state index in [1.54, 1.807) is 0 Å². The van der Waals surface area contributed by atoms with E-state index < -0.39 is 0 Å². The SMILES string of the molecule is CCC(CNC(C)CN1CCCCC1)c1ccccc1. The molecule has 2 heteroatoms. The average Bonchev–Trinajstić information content (AvgIpc) is 2.50. The lowest BCUT2D eigenvalue weighted by Crippen LogP contribution is -2.42. The molecule has 2 unspecified atom stereocenters. The minimum Gasteiger partial charge on any atom is -0.312 e. The lowest BCUT2D eigenvalue weighted by Gasteiger charge is -2.30. The Bertz CT molecular complexity index is 357. The van der Waals surface area contributed by atoms with E-state index >= 15 is 0 Å². The van der Waals surface area contributed by atoms with Crippen LogP contribution < -0.4 is 5.32 Å². The lowest BCUT2D eigenvalue weighted by molar-refractivity contribution is 0.208. The van der Waals surface area contributed by atoms with Gasteiger partial charge in [-0.2, -0.15) is 0 Å². The molecule has 2 rings (SSSR count). The van der Waals surface area contributed by atoms with Crippen molar-refractivity contribution in [1.29, 1.82) is 0 Å². The van der Waals surface area contributed by atoms with Crippen LogP contribution in [-0.2, 0) is 0 Å². The highest BCUT2D eigenvalue weighted by atomic mass is 15.1. The summed E-state index contributed by atoms with van der Waals surface area (Å²) in [6.45, 7) is 9.49. The van der Waals surface area contributed by atoms with Crippen molar-refractivity contribution in [3.05, 3.63) is 35.9 Å². The summed E-state index contributed by atoms with van der Waals surface area (Å²) in [5.41, 5.74) is 1.47. The first-order chi connectivity index (χ1) is 9.79. The number of rotatable bonds is 7. The molecular formula is C18H30N2. The van der Waals surface area contributed by atoms with Crippen LogP contribution in [0, 0.1) is 0 Å². The average molecular weight is 274 g/mol. The number of hydrogen-bond acceptors (Lipinski definition) is 2. The van der Waals surface area contributed by atoms with Crippen LogP contribution in [0.4, 0.5) is 0 Å². The fraction of sp³-hybridized carbons (Fsp3) is 0.667. The summed E-state index contributed by atoms with van der Waals surface area (Å²) in [5.74, 6) is 0.639. The molecule has 2 atom stereocenters. The smallest absolute Gasteiger partial charge is 0.0166 e. The number of benzene rings is 1. The summed E-state index contributed by atoms with van der Waals surface area (Å²) in [6.07, 6.45) is 5.39.